The average molecular weight is 350 g/mol. The van der Waals surface area contributed by atoms with Crippen LogP contribution >= 0.6 is 0 Å². The zero-order valence-corrected chi connectivity index (χ0v) is 14.9. The number of benzene rings is 1. The maximum Gasteiger partial charge on any atom is 0.253 e. The molecule has 0 saturated carbocycles. The largest absolute Gasteiger partial charge is 0.352 e. The Bertz CT molecular complexity index is 839. The minimum atomic E-state index is 0.00747. The summed E-state index contributed by atoms with van der Waals surface area (Å²) in [7, 11) is 0. The number of anilines is 1. The Hall–Kier alpha value is -2.76. The van der Waals surface area contributed by atoms with Crippen LogP contribution in [0, 0.1) is 0 Å². The number of Topliss-reactive ketones (excluding diaryl/α,β-unsaturated/α-hetero) is 1. The van der Waals surface area contributed by atoms with E-state index in [0.29, 0.717) is 24.2 Å². The standard InChI is InChI=1S/C20H22N4O2/c1-14(25)15-5-7-16(8-6-15)20(26)24-11-9-23(10-12-24)19-13-17-3-2-4-18(17)21-22-19/h5-8,13H,2-4,9-12H2,1H3. The molecule has 0 N–H and O–H groups in total. The van der Waals surface area contributed by atoms with Crippen molar-refractivity contribution in [2.24, 2.45) is 0 Å². The molecule has 0 spiro atoms. The number of hydrogen-bond acceptors (Lipinski definition) is 5. The van der Waals surface area contributed by atoms with Crippen molar-refractivity contribution in [3.63, 3.8) is 0 Å². The Balaban J connectivity index is 1.40. The van der Waals surface area contributed by atoms with Gasteiger partial charge in [0.2, 0.25) is 0 Å². The highest BCUT2D eigenvalue weighted by Gasteiger charge is 2.24. The first-order valence-electron chi connectivity index (χ1n) is 9.12. The second-order valence-electron chi connectivity index (χ2n) is 6.94. The Labute approximate surface area is 152 Å². The first kappa shape index (κ1) is 16.7. The molecule has 0 unspecified atom stereocenters. The normalized spacial score (nSPS) is 16.5. The van der Waals surface area contributed by atoms with E-state index in [9.17, 15) is 9.59 Å². The van der Waals surface area contributed by atoms with E-state index in [1.54, 1.807) is 24.3 Å². The van der Waals surface area contributed by atoms with E-state index < -0.39 is 0 Å². The third kappa shape index (κ3) is 3.19. The molecule has 1 aliphatic heterocycles. The van der Waals surface area contributed by atoms with E-state index >= 15 is 0 Å². The highest BCUT2D eigenvalue weighted by molar-refractivity contribution is 5.97. The van der Waals surface area contributed by atoms with E-state index in [1.165, 1.54) is 12.5 Å². The van der Waals surface area contributed by atoms with Gasteiger partial charge >= 0.3 is 0 Å². The van der Waals surface area contributed by atoms with Crippen molar-refractivity contribution in [3.8, 4) is 0 Å². The van der Waals surface area contributed by atoms with Gasteiger partial charge in [-0.25, -0.2) is 0 Å². The van der Waals surface area contributed by atoms with Crippen molar-refractivity contribution in [1.29, 1.82) is 0 Å². The lowest BCUT2D eigenvalue weighted by atomic mass is 10.1. The molecular formula is C20H22N4O2. The van der Waals surface area contributed by atoms with Gasteiger partial charge in [-0.3, -0.25) is 9.59 Å². The third-order valence-electron chi connectivity index (χ3n) is 5.24. The molecule has 1 aromatic heterocycles. The van der Waals surface area contributed by atoms with Crippen LogP contribution in [0.25, 0.3) is 0 Å². The Kier molecular flexibility index (Phi) is 4.41. The number of fused-ring (bicyclic) bond motifs is 1. The van der Waals surface area contributed by atoms with Crippen LogP contribution in [0.5, 0.6) is 0 Å². The molecule has 6 heteroatoms. The van der Waals surface area contributed by atoms with Crippen LogP contribution in [0.2, 0.25) is 0 Å². The number of piperazine rings is 1. The number of carbonyl (C=O) groups excluding carboxylic acids is 2. The summed E-state index contributed by atoms with van der Waals surface area (Å²) in [6.07, 6.45) is 3.29. The number of carbonyl (C=O) groups is 2. The smallest absolute Gasteiger partial charge is 0.253 e. The van der Waals surface area contributed by atoms with Gasteiger partial charge in [-0.15, -0.1) is 5.10 Å². The van der Waals surface area contributed by atoms with Crippen molar-refractivity contribution in [2.75, 3.05) is 31.1 Å². The molecule has 0 radical (unpaired) electrons. The van der Waals surface area contributed by atoms with Crippen LogP contribution in [0.3, 0.4) is 0 Å². The molecule has 1 aliphatic carbocycles. The second-order valence-corrected chi connectivity index (χ2v) is 6.94. The average Bonchev–Trinajstić information content (AvgIpc) is 3.15. The van der Waals surface area contributed by atoms with E-state index in [-0.39, 0.29) is 11.7 Å². The summed E-state index contributed by atoms with van der Waals surface area (Å²) >= 11 is 0. The Morgan fingerprint density at radius 2 is 1.62 bits per heavy atom. The van der Waals surface area contributed by atoms with Gasteiger partial charge in [-0.2, -0.15) is 5.10 Å². The first-order valence-corrected chi connectivity index (χ1v) is 9.12. The quantitative estimate of drug-likeness (QED) is 0.794. The van der Waals surface area contributed by atoms with Crippen molar-refractivity contribution in [3.05, 3.63) is 52.7 Å². The maximum absolute atomic E-state index is 12.7. The number of nitrogens with zero attached hydrogens (tertiary/aromatic N) is 4. The Morgan fingerprint density at radius 1 is 0.923 bits per heavy atom. The molecule has 2 heterocycles. The number of rotatable bonds is 3. The molecule has 2 aliphatic rings. The van der Waals surface area contributed by atoms with Crippen LogP contribution in [-0.2, 0) is 12.8 Å². The van der Waals surface area contributed by atoms with Crippen LogP contribution in [-0.4, -0.2) is 53.0 Å². The monoisotopic (exact) mass is 350 g/mol. The van der Waals surface area contributed by atoms with Gasteiger partial charge in [0.25, 0.3) is 5.91 Å². The number of amides is 1. The molecule has 26 heavy (non-hydrogen) atoms. The highest BCUT2D eigenvalue weighted by atomic mass is 16.2. The molecule has 4 rings (SSSR count). The van der Waals surface area contributed by atoms with Gasteiger partial charge < -0.3 is 9.80 Å². The lowest BCUT2D eigenvalue weighted by Crippen LogP contribution is -2.49. The summed E-state index contributed by atoms with van der Waals surface area (Å²) in [5, 5.41) is 8.73. The summed E-state index contributed by atoms with van der Waals surface area (Å²) in [4.78, 5) is 28.1. The molecule has 1 amide bonds. The van der Waals surface area contributed by atoms with Crippen molar-refractivity contribution in [1.82, 2.24) is 15.1 Å². The van der Waals surface area contributed by atoms with Crippen molar-refractivity contribution in [2.45, 2.75) is 26.2 Å². The number of hydrogen-bond donors (Lipinski definition) is 0. The second kappa shape index (κ2) is 6.86. The van der Waals surface area contributed by atoms with E-state index in [4.69, 9.17) is 0 Å². The molecule has 1 saturated heterocycles. The molecule has 2 aromatic rings. The number of ketones is 1. The van der Waals surface area contributed by atoms with Gasteiger partial charge in [-0.1, -0.05) is 12.1 Å². The van der Waals surface area contributed by atoms with Crippen molar-refractivity contribution >= 4 is 17.5 Å². The molecule has 0 atom stereocenters. The summed E-state index contributed by atoms with van der Waals surface area (Å²) in [6, 6.07) is 9.06. The maximum atomic E-state index is 12.7. The third-order valence-corrected chi connectivity index (χ3v) is 5.24. The van der Waals surface area contributed by atoms with E-state index in [1.807, 2.05) is 4.90 Å². The molecule has 1 fully saturated rings. The van der Waals surface area contributed by atoms with Crippen LogP contribution in [0.15, 0.2) is 30.3 Å². The van der Waals surface area contributed by atoms with Gasteiger partial charge in [-0.05, 0) is 49.9 Å². The molecule has 6 nitrogen and oxygen atoms in total. The predicted molar refractivity (Wildman–Crippen MR) is 98.6 cm³/mol. The number of aryl methyl sites for hydroxylation is 2. The zero-order valence-electron chi connectivity index (χ0n) is 14.9. The van der Waals surface area contributed by atoms with E-state index in [2.05, 4.69) is 21.2 Å². The van der Waals surface area contributed by atoms with Crippen LogP contribution < -0.4 is 4.90 Å². The minimum Gasteiger partial charge on any atom is -0.352 e. The summed E-state index contributed by atoms with van der Waals surface area (Å²) < 4.78 is 0. The number of aromatic nitrogens is 2. The SMILES string of the molecule is CC(=O)c1ccc(C(=O)N2CCN(c3cc4c(nn3)CCC4)CC2)cc1. The van der Waals surface area contributed by atoms with E-state index in [0.717, 1.165) is 43.9 Å². The lowest BCUT2D eigenvalue weighted by molar-refractivity contribution is 0.0746. The predicted octanol–water partition coefficient (Wildman–Crippen LogP) is 2.13. The van der Waals surface area contributed by atoms with Gasteiger partial charge in [0.1, 0.15) is 0 Å². The fourth-order valence-corrected chi connectivity index (χ4v) is 3.64. The lowest BCUT2D eigenvalue weighted by Gasteiger charge is -2.35. The van der Waals surface area contributed by atoms with Crippen LogP contribution in [0.4, 0.5) is 5.82 Å². The first-order chi connectivity index (χ1) is 12.6. The topological polar surface area (TPSA) is 66.4 Å². The summed E-state index contributed by atoms with van der Waals surface area (Å²) in [5.74, 6) is 0.941. The minimum absolute atomic E-state index is 0.00747. The van der Waals surface area contributed by atoms with Crippen molar-refractivity contribution < 1.29 is 9.59 Å². The highest BCUT2D eigenvalue weighted by Crippen LogP contribution is 2.23. The van der Waals surface area contributed by atoms with Gasteiger partial charge in [0.15, 0.2) is 11.6 Å². The molecule has 1 aromatic carbocycles. The molecule has 134 valence electrons. The molecular weight excluding hydrogens is 328 g/mol. The van der Waals surface area contributed by atoms with Gasteiger partial charge in [0.05, 0.1) is 5.69 Å². The molecule has 0 bridgehead atoms. The fourth-order valence-electron chi connectivity index (χ4n) is 3.64. The summed E-state index contributed by atoms with van der Waals surface area (Å²) in [5.41, 5.74) is 3.71. The zero-order chi connectivity index (χ0) is 18.1. The summed E-state index contributed by atoms with van der Waals surface area (Å²) in [6.45, 7) is 4.35. The Morgan fingerprint density at radius 3 is 2.31 bits per heavy atom. The fraction of sp³-hybridized carbons (Fsp3) is 0.400. The van der Waals surface area contributed by atoms with Crippen LogP contribution in [0.1, 0.15) is 45.3 Å². The van der Waals surface area contributed by atoms with Gasteiger partial charge in [0, 0.05) is 37.3 Å².